The predicted octanol–water partition coefficient (Wildman–Crippen LogP) is 4.90. The highest BCUT2D eigenvalue weighted by Crippen LogP contribution is 2.30. The van der Waals surface area contributed by atoms with Crippen LogP contribution in [0.4, 0.5) is 0 Å². The van der Waals surface area contributed by atoms with Gasteiger partial charge in [0.25, 0.3) is 0 Å². The van der Waals surface area contributed by atoms with Crippen molar-refractivity contribution in [2.24, 2.45) is 0 Å². The van der Waals surface area contributed by atoms with Gasteiger partial charge in [-0.05, 0) is 36.3 Å². The lowest BCUT2D eigenvalue weighted by atomic mass is 9.99. The van der Waals surface area contributed by atoms with Crippen molar-refractivity contribution in [3.05, 3.63) is 77.2 Å². The Kier molecular flexibility index (Phi) is 4.47. The van der Waals surface area contributed by atoms with Crippen LogP contribution < -0.4 is 0 Å². The Morgan fingerprint density at radius 1 is 1.18 bits per heavy atom. The lowest BCUT2D eigenvalue weighted by molar-refractivity contribution is 0.294. The number of aromatic amines is 2. The molecule has 3 aromatic heterocycles. The van der Waals surface area contributed by atoms with Gasteiger partial charge in [-0.2, -0.15) is 5.10 Å². The summed E-state index contributed by atoms with van der Waals surface area (Å²) in [7, 11) is 0. The third-order valence-corrected chi connectivity index (χ3v) is 5.55. The van der Waals surface area contributed by atoms with E-state index in [1.54, 1.807) is 0 Å². The third-order valence-electron chi connectivity index (χ3n) is 5.32. The maximum atomic E-state index is 6.15. The molecule has 4 aromatic rings. The number of hydrogen-bond donors (Lipinski definition) is 2. The normalized spacial score (nSPS) is 15.1. The highest BCUT2D eigenvalue weighted by atomic mass is 35.5. The molecule has 0 fully saturated rings. The van der Waals surface area contributed by atoms with Gasteiger partial charge in [-0.1, -0.05) is 29.8 Å². The van der Waals surface area contributed by atoms with E-state index in [9.17, 15) is 0 Å². The number of nitrogens with one attached hydrogen (secondary N) is 2. The molecular formula is C22H20ClN5. The zero-order chi connectivity index (χ0) is 18.9. The van der Waals surface area contributed by atoms with Crippen molar-refractivity contribution < 1.29 is 0 Å². The van der Waals surface area contributed by atoms with Gasteiger partial charge in [0.1, 0.15) is 5.65 Å². The first-order valence-electron chi connectivity index (χ1n) is 9.40. The second kappa shape index (κ2) is 7.26. The quantitative estimate of drug-likeness (QED) is 0.522. The molecule has 0 atom stereocenters. The van der Waals surface area contributed by atoms with Gasteiger partial charge in [-0.25, -0.2) is 4.98 Å². The van der Waals surface area contributed by atoms with Crippen LogP contribution in [0.2, 0.25) is 5.02 Å². The smallest absolute Gasteiger partial charge is 0.137 e. The number of aromatic nitrogens is 4. The van der Waals surface area contributed by atoms with Gasteiger partial charge in [-0.15, -0.1) is 0 Å². The molecule has 1 aliphatic rings. The van der Waals surface area contributed by atoms with Crippen LogP contribution in [-0.4, -0.2) is 38.2 Å². The van der Waals surface area contributed by atoms with E-state index in [1.165, 1.54) is 22.1 Å². The van der Waals surface area contributed by atoms with E-state index in [2.05, 4.69) is 49.5 Å². The molecule has 0 aliphatic carbocycles. The SMILES string of the molecule is Clc1cccc(-c2[nH]ncc2CN2CC=C(c3c[nH]c4ncccc34)CC2)c1. The molecule has 0 radical (unpaired) electrons. The van der Waals surface area contributed by atoms with Crippen molar-refractivity contribution in [1.82, 2.24) is 25.1 Å². The van der Waals surface area contributed by atoms with Gasteiger partial charge in [0.15, 0.2) is 0 Å². The summed E-state index contributed by atoms with van der Waals surface area (Å²) in [6.07, 6.45) is 9.17. The summed E-state index contributed by atoms with van der Waals surface area (Å²) < 4.78 is 0. The fourth-order valence-electron chi connectivity index (χ4n) is 3.89. The van der Waals surface area contributed by atoms with Gasteiger partial charge in [0, 0.05) is 59.1 Å². The summed E-state index contributed by atoms with van der Waals surface area (Å²) in [5.41, 5.74) is 6.91. The van der Waals surface area contributed by atoms with Crippen molar-refractivity contribution in [2.45, 2.75) is 13.0 Å². The van der Waals surface area contributed by atoms with Gasteiger partial charge in [0.05, 0.1) is 11.9 Å². The molecule has 28 heavy (non-hydrogen) atoms. The van der Waals surface area contributed by atoms with E-state index >= 15 is 0 Å². The monoisotopic (exact) mass is 389 g/mol. The standard InChI is InChI=1S/C22H20ClN5/c23-18-4-1-3-16(11-18)21-17(12-26-27-21)14-28-9-6-15(7-10-28)20-13-25-22-19(20)5-2-8-24-22/h1-6,8,11-13H,7,9-10,14H2,(H,24,25)(H,26,27). The van der Waals surface area contributed by atoms with Crippen molar-refractivity contribution in [3.63, 3.8) is 0 Å². The maximum absolute atomic E-state index is 6.15. The number of fused-ring (bicyclic) bond motifs is 1. The summed E-state index contributed by atoms with van der Waals surface area (Å²) in [5, 5.41) is 9.32. The number of H-pyrrole nitrogens is 2. The van der Waals surface area contributed by atoms with Crippen LogP contribution in [0.5, 0.6) is 0 Å². The van der Waals surface area contributed by atoms with E-state index in [4.69, 9.17) is 11.6 Å². The second-order valence-electron chi connectivity index (χ2n) is 7.10. The average Bonchev–Trinajstić information content (AvgIpc) is 3.36. The van der Waals surface area contributed by atoms with Crippen LogP contribution in [0.25, 0.3) is 27.9 Å². The maximum Gasteiger partial charge on any atom is 0.137 e. The lowest BCUT2D eigenvalue weighted by Gasteiger charge is -2.26. The Hall–Kier alpha value is -2.89. The van der Waals surface area contributed by atoms with Crippen LogP contribution in [0.3, 0.4) is 0 Å². The van der Waals surface area contributed by atoms with E-state index < -0.39 is 0 Å². The van der Waals surface area contributed by atoms with Crippen LogP contribution in [-0.2, 0) is 6.54 Å². The number of pyridine rings is 1. The van der Waals surface area contributed by atoms with Gasteiger partial charge < -0.3 is 4.98 Å². The first kappa shape index (κ1) is 17.2. The Balaban J connectivity index is 1.34. The van der Waals surface area contributed by atoms with Crippen molar-refractivity contribution in [2.75, 3.05) is 13.1 Å². The molecule has 140 valence electrons. The molecule has 0 saturated carbocycles. The number of hydrogen-bond acceptors (Lipinski definition) is 3. The number of halogens is 1. The van der Waals surface area contributed by atoms with Crippen molar-refractivity contribution in [3.8, 4) is 11.3 Å². The van der Waals surface area contributed by atoms with Gasteiger partial charge >= 0.3 is 0 Å². The molecule has 2 N–H and O–H groups in total. The first-order chi connectivity index (χ1) is 13.8. The lowest BCUT2D eigenvalue weighted by Crippen LogP contribution is -2.28. The minimum atomic E-state index is 0.733. The van der Waals surface area contributed by atoms with E-state index in [0.29, 0.717) is 0 Å². The summed E-state index contributed by atoms with van der Waals surface area (Å²) in [5.74, 6) is 0. The Bertz CT molecular complexity index is 1160. The largest absolute Gasteiger partial charge is 0.346 e. The Morgan fingerprint density at radius 3 is 3.00 bits per heavy atom. The molecule has 0 unspecified atom stereocenters. The molecule has 1 aromatic carbocycles. The van der Waals surface area contributed by atoms with Crippen LogP contribution in [0, 0.1) is 0 Å². The van der Waals surface area contributed by atoms with Crippen molar-refractivity contribution >= 4 is 28.2 Å². The highest BCUT2D eigenvalue weighted by Gasteiger charge is 2.18. The van der Waals surface area contributed by atoms with Crippen LogP contribution in [0.15, 0.2) is 61.1 Å². The summed E-state index contributed by atoms with van der Waals surface area (Å²) in [6, 6.07) is 12.0. The molecule has 6 heteroatoms. The molecular weight excluding hydrogens is 370 g/mol. The molecule has 1 aliphatic heterocycles. The zero-order valence-electron chi connectivity index (χ0n) is 15.3. The molecule has 4 heterocycles. The summed E-state index contributed by atoms with van der Waals surface area (Å²) in [6.45, 7) is 2.79. The minimum absolute atomic E-state index is 0.733. The molecule has 0 saturated heterocycles. The van der Waals surface area contributed by atoms with Crippen molar-refractivity contribution in [1.29, 1.82) is 0 Å². The van der Waals surface area contributed by atoms with E-state index in [-0.39, 0.29) is 0 Å². The molecule has 0 amide bonds. The number of nitrogens with zero attached hydrogens (tertiary/aromatic N) is 3. The molecule has 5 nitrogen and oxygen atoms in total. The predicted molar refractivity (Wildman–Crippen MR) is 113 cm³/mol. The first-order valence-corrected chi connectivity index (χ1v) is 9.78. The minimum Gasteiger partial charge on any atom is -0.346 e. The molecule has 5 rings (SSSR count). The van der Waals surface area contributed by atoms with Gasteiger partial charge in [0.2, 0.25) is 0 Å². The Morgan fingerprint density at radius 2 is 2.14 bits per heavy atom. The highest BCUT2D eigenvalue weighted by molar-refractivity contribution is 6.30. The number of benzene rings is 1. The summed E-state index contributed by atoms with van der Waals surface area (Å²) in [4.78, 5) is 10.1. The topological polar surface area (TPSA) is 60.6 Å². The van der Waals surface area contributed by atoms with Crippen LogP contribution in [0.1, 0.15) is 17.5 Å². The fraction of sp³-hybridized carbons (Fsp3) is 0.182. The van der Waals surface area contributed by atoms with E-state index in [1.807, 2.05) is 36.7 Å². The second-order valence-corrected chi connectivity index (χ2v) is 7.53. The average molecular weight is 390 g/mol. The third kappa shape index (κ3) is 3.23. The fourth-order valence-corrected chi connectivity index (χ4v) is 4.08. The molecule has 0 bridgehead atoms. The molecule has 0 spiro atoms. The summed E-state index contributed by atoms with van der Waals surface area (Å²) >= 11 is 6.15. The number of rotatable bonds is 4. The zero-order valence-corrected chi connectivity index (χ0v) is 16.1. The van der Waals surface area contributed by atoms with Gasteiger partial charge in [-0.3, -0.25) is 10.00 Å². The van der Waals surface area contributed by atoms with E-state index in [0.717, 1.165) is 48.0 Å². The Labute approximate surface area is 168 Å². The van der Waals surface area contributed by atoms with Crippen LogP contribution >= 0.6 is 11.6 Å².